The molecule has 0 saturated heterocycles. The van der Waals surface area contributed by atoms with Crippen LogP contribution in [0.1, 0.15) is 0 Å². The molecule has 1 aromatic carbocycles. The minimum Gasteiger partial charge on any atom is -0.375 e. The van der Waals surface area contributed by atoms with Gasteiger partial charge in [0.1, 0.15) is 11.3 Å². The molecule has 4 N–H and O–H groups in total. The minimum absolute atomic E-state index is 0.106. The van der Waals surface area contributed by atoms with Crippen LogP contribution in [-0.2, 0) is 0 Å². The molecule has 0 amide bonds. The van der Waals surface area contributed by atoms with Gasteiger partial charge in [0.2, 0.25) is 5.13 Å². The van der Waals surface area contributed by atoms with Gasteiger partial charge < -0.3 is 5.73 Å². The van der Waals surface area contributed by atoms with Gasteiger partial charge in [-0.1, -0.05) is 17.4 Å². The van der Waals surface area contributed by atoms with Gasteiger partial charge in [0.15, 0.2) is 5.11 Å². The Labute approximate surface area is 94.3 Å². The Morgan fingerprint density at radius 1 is 1.53 bits per heavy atom. The van der Waals surface area contributed by atoms with Crippen LogP contribution >= 0.6 is 23.6 Å². The summed E-state index contributed by atoms with van der Waals surface area (Å²) < 4.78 is 14.0. The van der Waals surface area contributed by atoms with Crippen molar-refractivity contribution in [3.8, 4) is 0 Å². The molecule has 0 aliphatic carbocycles. The Morgan fingerprint density at radius 3 is 3.00 bits per heavy atom. The maximum atomic E-state index is 13.2. The molecule has 1 aromatic heterocycles. The third kappa shape index (κ3) is 2.13. The Bertz CT molecular complexity index is 510. The predicted octanol–water partition coefficient (Wildman–Crippen LogP) is 1.60. The zero-order valence-electron chi connectivity index (χ0n) is 7.45. The number of halogens is 1. The van der Waals surface area contributed by atoms with Crippen LogP contribution in [-0.4, -0.2) is 10.1 Å². The molecule has 7 heteroatoms. The van der Waals surface area contributed by atoms with E-state index in [1.807, 2.05) is 0 Å². The molecule has 0 atom stereocenters. The van der Waals surface area contributed by atoms with Gasteiger partial charge in [-0.25, -0.2) is 9.37 Å². The average molecular weight is 242 g/mol. The summed E-state index contributed by atoms with van der Waals surface area (Å²) in [7, 11) is 0. The largest absolute Gasteiger partial charge is 0.375 e. The number of thiazole rings is 1. The fourth-order valence-electron chi connectivity index (χ4n) is 1.08. The molecule has 0 spiro atoms. The lowest BCUT2D eigenvalue weighted by molar-refractivity contribution is 0.637. The van der Waals surface area contributed by atoms with E-state index in [9.17, 15) is 4.39 Å². The van der Waals surface area contributed by atoms with Crippen molar-refractivity contribution in [2.75, 3.05) is 5.43 Å². The molecular weight excluding hydrogens is 235 g/mol. The number of anilines is 1. The highest BCUT2D eigenvalue weighted by atomic mass is 32.1. The summed E-state index contributed by atoms with van der Waals surface area (Å²) in [6.07, 6.45) is 0. The maximum absolute atomic E-state index is 13.2. The Balaban J connectivity index is 2.31. The Morgan fingerprint density at radius 2 is 2.33 bits per heavy atom. The van der Waals surface area contributed by atoms with Crippen molar-refractivity contribution in [2.45, 2.75) is 0 Å². The number of hydrogen-bond donors (Lipinski definition) is 3. The fraction of sp³-hybridized carbons (Fsp3) is 0. The monoisotopic (exact) mass is 242 g/mol. The minimum atomic E-state index is -0.341. The van der Waals surface area contributed by atoms with Gasteiger partial charge in [0.05, 0.1) is 4.70 Å². The van der Waals surface area contributed by atoms with Crippen molar-refractivity contribution >= 4 is 44.0 Å². The van der Waals surface area contributed by atoms with E-state index in [0.29, 0.717) is 10.6 Å². The number of thiocarbonyl (C=S) groups is 1. The second kappa shape index (κ2) is 3.95. The Hall–Kier alpha value is -1.47. The molecule has 4 nitrogen and oxygen atoms in total. The van der Waals surface area contributed by atoms with E-state index < -0.39 is 0 Å². The van der Waals surface area contributed by atoms with Crippen LogP contribution in [0.5, 0.6) is 0 Å². The van der Waals surface area contributed by atoms with E-state index in [2.05, 4.69) is 28.1 Å². The zero-order chi connectivity index (χ0) is 10.8. The van der Waals surface area contributed by atoms with E-state index >= 15 is 0 Å². The first-order chi connectivity index (χ1) is 7.16. The zero-order valence-corrected chi connectivity index (χ0v) is 9.08. The third-order valence-electron chi connectivity index (χ3n) is 1.66. The molecule has 15 heavy (non-hydrogen) atoms. The molecule has 78 valence electrons. The van der Waals surface area contributed by atoms with Gasteiger partial charge in [-0.3, -0.25) is 10.9 Å². The standard InChI is InChI=1S/C8H7FN4S2/c9-4-2-1-3-5-6(4)11-8(15-5)13-12-7(10)14/h1-3H,(H,11,13)(H3,10,12,14). The summed E-state index contributed by atoms with van der Waals surface area (Å²) in [5, 5.41) is 0.623. The molecule has 0 aliphatic rings. The molecule has 1 heterocycles. The van der Waals surface area contributed by atoms with Crippen LogP contribution in [0, 0.1) is 5.82 Å². The van der Waals surface area contributed by atoms with Crippen LogP contribution in [0.3, 0.4) is 0 Å². The van der Waals surface area contributed by atoms with Crippen molar-refractivity contribution in [2.24, 2.45) is 5.73 Å². The number of fused-ring (bicyclic) bond motifs is 1. The lowest BCUT2D eigenvalue weighted by Crippen LogP contribution is -2.33. The highest BCUT2D eigenvalue weighted by Gasteiger charge is 2.06. The first-order valence-electron chi connectivity index (χ1n) is 4.03. The van der Waals surface area contributed by atoms with Gasteiger partial charge in [-0.15, -0.1) is 0 Å². The first kappa shape index (κ1) is 10.1. The van der Waals surface area contributed by atoms with Crippen LogP contribution in [0.4, 0.5) is 9.52 Å². The van der Waals surface area contributed by atoms with Crippen molar-refractivity contribution in [3.05, 3.63) is 24.0 Å². The van der Waals surface area contributed by atoms with Crippen LogP contribution in [0.15, 0.2) is 18.2 Å². The topological polar surface area (TPSA) is 63.0 Å². The summed E-state index contributed by atoms with van der Waals surface area (Å²) in [5.74, 6) is -0.341. The molecular formula is C8H7FN4S2. The summed E-state index contributed by atoms with van der Waals surface area (Å²) in [5.41, 5.74) is 10.8. The van der Waals surface area contributed by atoms with Gasteiger partial charge in [0, 0.05) is 0 Å². The first-order valence-corrected chi connectivity index (χ1v) is 5.26. The molecule has 0 radical (unpaired) electrons. The maximum Gasteiger partial charge on any atom is 0.202 e. The molecule has 0 saturated carbocycles. The highest BCUT2D eigenvalue weighted by molar-refractivity contribution is 7.80. The number of nitrogens with zero attached hydrogens (tertiary/aromatic N) is 1. The second-order valence-electron chi connectivity index (χ2n) is 2.72. The predicted molar refractivity (Wildman–Crippen MR) is 63.1 cm³/mol. The van der Waals surface area contributed by atoms with Crippen molar-refractivity contribution in [1.29, 1.82) is 0 Å². The second-order valence-corrected chi connectivity index (χ2v) is 4.19. The molecule has 0 fully saturated rings. The van der Waals surface area contributed by atoms with Gasteiger partial charge in [0.25, 0.3) is 0 Å². The average Bonchev–Trinajstić information content (AvgIpc) is 2.59. The van der Waals surface area contributed by atoms with Crippen molar-refractivity contribution < 1.29 is 4.39 Å². The summed E-state index contributed by atoms with van der Waals surface area (Å²) in [6.45, 7) is 0. The van der Waals surface area contributed by atoms with Gasteiger partial charge >= 0.3 is 0 Å². The van der Waals surface area contributed by atoms with E-state index in [1.165, 1.54) is 17.4 Å². The van der Waals surface area contributed by atoms with Crippen LogP contribution < -0.4 is 16.6 Å². The smallest absolute Gasteiger partial charge is 0.202 e. The quantitative estimate of drug-likeness (QED) is 0.551. The van der Waals surface area contributed by atoms with Crippen LogP contribution in [0.25, 0.3) is 10.2 Å². The van der Waals surface area contributed by atoms with Crippen molar-refractivity contribution in [1.82, 2.24) is 10.4 Å². The number of aromatic nitrogens is 1. The summed E-state index contributed by atoms with van der Waals surface area (Å²) >= 11 is 5.92. The molecule has 0 aliphatic heterocycles. The Kier molecular flexibility index (Phi) is 2.65. The molecule has 0 unspecified atom stereocenters. The lowest BCUT2D eigenvalue weighted by atomic mass is 10.3. The van der Waals surface area contributed by atoms with Gasteiger partial charge in [-0.2, -0.15) is 0 Å². The summed E-state index contributed by atoms with van der Waals surface area (Å²) in [4.78, 5) is 4.04. The third-order valence-corrected chi connectivity index (χ3v) is 2.70. The van der Waals surface area contributed by atoms with E-state index in [-0.39, 0.29) is 10.9 Å². The summed E-state index contributed by atoms with van der Waals surface area (Å²) in [6, 6.07) is 4.80. The van der Waals surface area contributed by atoms with E-state index in [4.69, 9.17) is 5.73 Å². The molecule has 2 rings (SSSR count). The number of nitrogens with one attached hydrogen (secondary N) is 2. The normalized spacial score (nSPS) is 10.2. The number of hydrogen-bond acceptors (Lipinski definition) is 4. The lowest BCUT2D eigenvalue weighted by Gasteiger charge is -2.01. The van der Waals surface area contributed by atoms with E-state index in [1.54, 1.807) is 12.1 Å². The molecule has 0 bridgehead atoms. The number of hydrazine groups is 1. The van der Waals surface area contributed by atoms with Crippen molar-refractivity contribution in [3.63, 3.8) is 0 Å². The highest BCUT2D eigenvalue weighted by Crippen LogP contribution is 2.26. The molecule has 2 aromatic rings. The fourth-order valence-corrected chi connectivity index (χ4v) is 1.97. The number of para-hydroxylation sites is 1. The SMILES string of the molecule is NC(=S)NNc1nc2c(F)cccc2s1. The number of benzene rings is 1. The van der Waals surface area contributed by atoms with Crippen LogP contribution in [0.2, 0.25) is 0 Å². The van der Waals surface area contributed by atoms with E-state index in [0.717, 1.165) is 4.70 Å². The van der Waals surface area contributed by atoms with Gasteiger partial charge in [-0.05, 0) is 24.4 Å². The number of rotatable bonds is 2. The number of nitrogens with two attached hydrogens (primary N) is 1.